The molecule has 1 aromatic rings. The molecule has 0 spiro atoms. The summed E-state index contributed by atoms with van der Waals surface area (Å²) in [5.74, 6) is 2.33. The highest BCUT2D eigenvalue weighted by molar-refractivity contribution is 5.85. The van der Waals surface area contributed by atoms with Crippen LogP contribution in [0.1, 0.15) is 31.2 Å². The van der Waals surface area contributed by atoms with Gasteiger partial charge in [0.25, 0.3) is 0 Å². The molecule has 1 unspecified atom stereocenters. The predicted molar refractivity (Wildman–Crippen MR) is 79.9 cm³/mol. The number of aliphatic hydroxyl groups is 1. The monoisotopic (exact) mass is 299 g/mol. The van der Waals surface area contributed by atoms with E-state index in [2.05, 4.69) is 17.0 Å². The second kappa shape index (κ2) is 6.66. The Hall–Kier alpha value is -0.970. The summed E-state index contributed by atoms with van der Waals surface area (Å²) in [7, 11) is 0. The van der Waals surface area contributed by atoms with E-state index in [1.807, 2.05) is 13.0 Å². The summed E-state index contributed by atoms with van der Waals surface area (Å²) in [4.78, 5) is 2.34. The van der Waals surface area contributed by atoms with Gasteiger partial charge in [0.15, 0.2) is 11.5 Å². The number of rotatable bonds is 3. The van der Waals surface area contributed by atoms with Crippen LogP contribution in [0.3, 0.4) is 0 Å². The molecule has 1 saturated heterocycles. The fraction of sp³-hybridized carbons (Fsp3) is 0.600. The summed E-state index contributed by atoms with van der Waals surface area (Å²) in [5.41, 5.74) is 1.35. The normalized spacial score (nSPS) is 20.5. The van der Waals surface area contributed by atoms with Gasteiger partial charge in [0.2, 0.25) is 6.79 Å². The van der Waals surface area contributed by atoms with Crippen LogP contribution < -0.4 is 9.47 Å². The molecule has 0 saturated carbocycles. The number of hydrogen-bond acceptors (Lipinski definition) is 4. The van der Waals surface area contributed by atoms with Crippen molar-refractivity contribution in [1.29, 1.82) is 0 Å². The highest BCUT2D eigenvalue weighted by Crippen LogP contribution is 2.37. The molecule has 2 heterocycles. The zero-order valence-electron chi connectivity index (χ0n) is 11.7. The van der Waals surface area contributed by atoms with E-state index in [-0.39, 0.29) is 18.5 Å². The van der Waals surface area contributed by atoms with Crippen LogP contribution in [0, 0.1) is 0 Å². The minimum Gasteiger partial charge on any atom is -0.454 e. The summed E-state index contributed by atoms with van der Waals surface area (Å²) < 4.78 is 10.8. The van der Waals surface area contributed by atoms with Crippen LogP contribution in [0.15, 0.2) is 18.2 Å². The molecular formula is C15H22ClNO3. The molecule has 5 heteroatoms. The minimum atomic E-state index is -0.234. The van der Waals surface area contributed by atoms with Gasteiger partial charge in [0.1, 0.15) is 0 Å². The molecule has 4 nitrogen and oxygen atoms in total. The Kier molecular flexibility index (Phi) is 5.13. The molecule has 0 bridgehead atoms. The smallest absolute Gasteiger partial charge is 0.231 e. The third-order valence-corrected chi connectivity index (χ3v) is 3.98. The van der Waals surface area contributed by atoms with E-state index in [0.717, 1.165) is 44.0 Å². The molecule has 112 valence electrons. The molecule has 0 radical (unpaired) electrons. The molecular weight excluding hydrogens is 278 g/mol. The number of β-amino-alcohol motifs (C(OH)–C–C–N with tert-alkyl or cyclic N) is 1. The Morgan fingerprint density at radius 2 is 1.95 bits per heavy atom. The molecule has 2 aliphatic heterocycles. The van der Waals surface area contributed by atoms with Gasteiger partial charge in [0, 0.05) is 6.54 Å². The maximum absolute atomic E-state index is 9.42. The average Bonchev–Trinajstić information content (AvgIpc) is 2.86. The lowest BCUT2D eigenvalue weighted by molar-refractivity contribution is 0.109. The standard InChI is InChI=1S/C15H21NO3.ClH/c1-11(17)9-16-6-4-12(5-7-16)13-2-3-14-15(8-13)19-10-18-14;/h2-3,8,11-12,17H,4-7,9-10H2,1H3;1H. The zero-order valence-corrected chi connectivity index (χ0v) is 12.6. The van der Waals surface area contributed by atoms with Gasteiger partial charge in [-0.1, -0.05) is 6.07 Å². The fourth-order valence-electron chi connectivity index (χ4n) is 2.99. The van der Waals surface area contributed by atoms with Crippen molar-refractivity contribution in [2.75, 3.05) is 26.4 Å². The predicted octanol–water partition coefficient (Wildman–Crippen LogP) is 2.40. The van der Waals surface area contributed by atoms with Crippen LogP contribution in [-0.4, -0.2) is 42.5 Å². The van der Waals surface area contributed by atoms with Crippen LogP contribution in [-0.2, 0) is 0 Å². The minimum absolute atomic E-state index is 0. The highest BCUT2D eigenvalue weighted by atomic mass is 35.5. The van der Waals surface area contributed by atoms with Gasteiger partial charge in [0.05, 0.1) is 6.10 Å². The fourth-order valence-corrected chi connectivity index (χ4v) is 2.99. The van der Waals surface area contributed by atoms with Crippen LogP contribution in [0.2, 0.25) is 0 Å². The maximum Gasteiger partial charge on any atom is 0.231 e. The summed E-state index contributed by atoms with van der Waals surface area (Å²) in [6.45, 7) is 5.09. The van der Waals surface area contributed by atoms with Crippen molar-refractivity contribution in [3.05, 3.63) is 23.8 Å². The average molecular weight is 300 g/mol. The number of aliphatic hydroxyl groups excluding tert-OH is 1. The lowest BCUT2D eigenvalue weighted by Gasteiger charge is -2.32. The summed E-state index contributed by atoms with van der Waals surface area (Å²) >= 11 is 0. The Labute approximate surface area is 126 Å². The Bertz CT molecular complexity index is 445. The topological polar surface area (TPSA) is 41.9 Å². The van der Waals surface area contributed by atoms with E-state index < -0.39 is 0 Å². The summed E-state index contributed by atoms with van der Waals surface area (Å²) in [6, 6.07) is 6.29. The second-order valence-electron chi connectivity index (χ2n) is 5.54. The van der Waals surface area contributed by atoms with Crippen molar-refractivity contribution in [2.24, 2.45) is 0 Å². The first-order valence-corrected chi connectivity index (χ1v) is 7.02. The number of ether oxygens (including phenoxy) is 2. The molecule has 3 rings (SSSR count). The van der Waals surface area contributed by atoms with Crippen molar-refractivity contribution in [2.45, 2.75) is 31.8 Å². The number of benzene rings is 1. The lowest BCUT2D eigenvalue weighted by Crippen LogP contribution is -2.37. The molecule has 1 fully saturated rings. The van der Waals surface area contributed by atoms with E-state index in [4.69, 9.17) is 9.47 Å². The third kappa shape index (κ3) is 3.37. The van der Waals surface area contributed by atoms with Crippen LogP contribution in [0.25, 0.3) is 0 Å². The van der Waals surface area contributed by atoms with Crippen LogP contribution in [0.5, 0.6) is 11.5 Å². The third-order valence-electron chi connectivity index (χ3n) is 3.98. The summed E-state index contributed by atoms with van der Waals surface area (Å²) in [6.07, 6.45) is 2.06. The number of halogens is 1. The zero-order chi connectivity index (χ0) is 13.2. The molecule has 0 aromatic heterocycles. The van der Waals surface area contributed by atoms with Gasteiger partial charge in [-0.25, -0.2) is 0 Å². The first-order valence-electron chi connectivity index (χ1n) is 7.02. The molecule has 0 aliphatic carbocycles. The highest BCUT2D eigenvalue weighted by Gasteiger charge is 2.23. The molecule has 0 amide bonds. The van der Waals surface area contributed by atoms with E-state index in [1.54, 1.807) is 0 Å². The Morgan fingerprint density at radius 3 is 2.65 bits per heavy atom. The summed E-state index contributed by atoms with van der Waals surface area (Å²) in [5, 5.41) is 9.42. The molecule has 1 aromatic carbocycles. The first-order chi connectivity index (χ1) is 9.22. The van der Waals surface area contributed by atoms with E-state index >= 15 is 0 Å². The van der Waals surface area contributed by atoms with Crippen molar-refractivity contribution >= 4 is 12.4 Å². The number of piperidine rings is 1. The van der Waals surface area contributed by atoms with Gasteiger partial charge in [-0.3, -0.25) is 0 Å². The van der Waals surface area contributed by atoms with Gasteiger partial charge in [-0.05, 0) is 56.5 Å². The van der Waals surface area contributed by atoms with Crippen LogP contribution >= 0.6 is 12.4 Å². The SMILES string of the molecule is CC(O)CN1CCC(c2ccc3c(c2)OCO3)CC1.Cl. The van der Waals surface area contributed by atoms with Gasteiger partial charge < -0.3 is 19.5 Å². The largest absolute Gasteiger partial charge is 0.454 e. The number of likely N-dealkylation sites (tertiary alicyclic amines) is 1. The van der Waals surface area contributed by atoms with Gasteiger partial charge >= 0.3 is 0 Å². The van der Waals surface area contributed by atoms with E-state index in [1.165, 1.54) is 5.56 Å². The lowest BCUT2D eigenvalue weighted by atomic mass is 9.89. The van der Waals surface area contributed by atoms with Gasteiger partial charge in [-0.2, -0.15) is 0 Å². The first kappa shape index (κ1) is 15.4. The van der Waals surface area contributed by atoms with E-state index in [0.29, 0.717) is 12.7 Å². The van der Waals surface area contributed by atoms with Crippen molar-refractivity contribution in [3.63, 3.8) is 0 Å². The molecule has 1 atom stereocenters. The second-order valence-corrected chi connectivity index (χ2v) is 5.54. The van der Waals surface area contributed by atoms with Gasteiger partial charge in [-0.15, -0.1) is 12.4 Å². The number of hydrogen-bond donors (Lipinski definition) is 1. The van der Waals surface area contributed by atoms with E-state index in [9.17, 15) is 5.11 Å². The van der Waals surface area contributed by atoms with Crippen molar-refractivity contribution in [1.82, 2.24) is 4.90 Å². The van der Waals surface area contributed by atoms with Crippen LogP contribution in [0.4, 0.5) is 0 Å². The number of fused-ring (bicyclic) bond motifs is 1. The maximum atomic E-state index is 9.42. The Balaban J connectivity index is 0.00000147. The van der Waals surface area contributed by atoms with Crippen molar-refractivity contribution < 1.29 is 14.6 Å². The van der Waals surface area contributed by atoms with Crippen molar-refractivity contribution in [3.8, 4) is 11.5 Å². The molecule has 2 aliphatic rings. The number of nitrogens with zero attached hydrogens (tertiary/aromatic N) is 1. The molecule has 1 N–H and O–H groups in total. The quantitative estimate of drug-likeness (QED) is 0.930. The molecule has 20 heavy (non-hydrogen) atoms. The Morgan fingerprint density at radius 1 is 1.25 bits per heavy atom.